The zero-order valence-corrected chi connectivity index (χ0v) is 39.9. The monoisotopic (exact) mass is 943 g/mol. The predicted octanol–water partition coefficient (Wildman–Crippen LogP) is 7.44. The molecular weight excluding hydrogens is 859 g/mol. The summed E-state index contributed by atoms with van der Waals surface area (Å²) in [7, 11) is -5.16. The molecule has 0 bridgehead atoms. The Balaban J connectivity index is 2.54. The molecular formula is C49H83O15P. The first-order chi connectivity index (χ1) is 31.2. The maximum absolute atomic E-state index is 12.8. The molecule has 0 heterocycles. The second-order valence-corrected chi connectivity index (χ2v) is 18.0. The number of carbonyl (C=O) groups excluding carboxylic acids is 2. The molecule has 10 atom stereocenters. The van der Waals surface area contributed by atoms with E-state index in [-0.39, 0.29) is 12.8 Å². The molecule has 0 aromatic rings. The molecule has 1 aliphatic carbocycles. The van der Waals surface area contributed by atoms with Crippen molar-refractivity contribution >= 4 is 19.8 Å². The molecule has 1 aliphatic rings. The number of aliphatic hydroxyl groups excluding tert-OH is 7. The summed E-state index contributed by atoms with van der Waals surface area (Å²) in [5.41, 5.74) is 0. The third-order valence-corrected chi connectivity index (χ3v) is 11.7. The molecule has 0 amide bonds. The minimum Gasteiger partial charge on any atom is -0.462 e. The van der Waals surface area contributed by atoms with Crippen molar-refractivity contribution in [3.05, 3.63) is 72.9 Å². The minimum absolute atomic E-state index is 0.0164. The molecule has 1 fully saturated rings. The quantitative estimate of drug-likeness (QED) is 0.00985. The van der Waals surface area contributed by atoms with Crippen LogP contribution < -0.4 is 0 Å². The summed E-state index contributed by atoms with van der Waals surface area (Å²) in [6.45, 7) is 2.96. The van der Waals surface area contributed by atoms with Gasteiger partial charge in [0.2, 0.25) is 0 Å². The van der Waals surface area contributed by atoms with E-state index in [1.54, 1.807) is 42.5 Å². The molecule has 0 aliphatic heterocycles. The van der Waals surface area contributed by atoms with Gasteiger partial charge in [0.05, 0.1) is 18.8 Å². The van der Waals surface area contributed by atoms with Crippen LogP contribution in [0.3, 0.4) is 0 Å². The molecule has 65 heavy (non-hydrogen) atoms. The molecule has 374 valence electrons. The van der Waals surface area contributed by atoms with Gasteiger partial charge in [-0.1, -0.05) is 177 Å². The number of hydrogen-bond acceptors (Lipinski definition) is 14. The number of allylic oxidation sites excluding steroid dienone is 8. The SMILES string of the molecule is CC/C=C\C[C@@H](O)/C=C/C=C\C=C\[C@@H](O)C/C=C\C/C=C\CCC(=O)OC[C@H](COP(=O)(O)OC1[C@H](O)[C@H](O)C(O)[C@H](O)[C@H]1O)OC(=O)CCCCCCCCCCCCCCCCC. The Kier molecular flexibility index (Phi) is 35.4. The van der Waals surface area contributed by atoms with E-state index in [9.17, 15) is 54.8 Å². The van der Waals surface area contributed by atoms with Crippen LogP contribution in [-0.2, 0) is 32.7 Å². The average molecular weight is 943 g/mol. The van der Waals surface area contributed by atoms with Crippen molar-refractivity contribution in [1.29, 1.82) is 0 Å². The Morgan fingerprint density at radius 1 is 0.569 bits per heavy atom. The molecule has 15 nitrogen and oxygen atoms in total. The van der Waals surface area contributed by atoms with Crippen LogP contribution in [0.25, 0.3) is 0 Å². The third-order valence-electron chi connectivity index (χ3n) is 10.7. The number of ether oxygens (including phenoxy) is 2. The van der Waals surface area contributed by atoms with Crippen molar-refractivity contribution in [2.45, 2.75) is 210 Å². The van der Waals surface area contributed by atoms with Gasteiger partial charge in [-0.15, -0.1) is 0 Å². The molecule has 3 unspecified atom stereocenters. The highest BCUT2D eigenvalue weighted by atomic mass is 31.2. The Labute approximate surface area is 388 Å². The molecule has 0 saturated heterocycles. The number of esters is 2. The first-order valence-electron chi connectivity index (χ1n) is 24.0. The maximum atomic E-state index is 12.8. The first kappa shape index (κ1) is 60.2. The Bertz CT molecular complexity index is 1450. The molecule has 0 aromatic carbocycles. The second-order valence-electron chi connectivity index (χ2n) is 16.6. The Hall–Kier alpha value is -2.79. The van der Waals surface area contributed by atoms with Crippen LogP contribution in [0.15, 0.2) is 72.9 Å². The number of phosphoric ester groups is 1. The fourth-order valence-electron chi connectivity index (χ4n) is 6.84. The van der Waals surface area contributed by atoms with E-state index in [1.165, 1.54) is 64.2 Å². The number of carbonyl (C=O) groups is 2. The van der Waals surface area contributed by atoms with Crippen LogP contribution in [0.1, 0.15) is 155 Å². The smallest absolute Gasteiger partial charge is 0.462 e. The van der Waals surface area contributed by atoms with E-state index in [4.69, 9.17) is 18.5 Å². The van der Waals surface area contributed by atoms with E-state index in [0.717, 1.165) is 32.1 Å². The van der Waals surface area contributed by atoms with Crippen LogP contribution in [0.4, 0.5) is 0 Å². The molecule has 0 aromatic heterocycles. The summed E-state index contributed by atoms with van der Waals surface area (Å²) in [4.78, 5) is 35.7. The van der Waals surface area contributed by atoms with Gasteiger partial charge in [-0.05, 0) is 38.5 Å². The third kappa shape index (κ3) is 31.0. The lowest BCUT2D eigenvalue weighted by molar-refractivity contribution is -0.220. The summed E-state index contributed by atoms with van der Waals surface area (Å²) in [6, 6.07) is 0. The number of hydrogen-bond donors (Lipinski definition) is 8. The predicted molar refractivity (Wildman–Crippen MR) is 251 cm³/mol. The normalized spacial score (nSPS) is 23.0. The second kappa shape index (κ2) is 38.2. The van der Waals surface area contributed by atoms with Crippen LogP contribution in [0, 0.1) is 0 Å². The van der Waals surface area contributed by atoms with Crippen molar-refractivity contribution in [1.82, 2.24) is 0 Å². The number of aliphatic hydroxyl groups is 7. The van der Waals surface area contributed by atoms with Gasteiger partial charge in [-0.25, -0.2) is 4.57 Å². The lowest BCUT2D eigenvalue weighted by Crippen LogP contribution is -2.64. The molecule has 1 saturated carbocycles. The maximum Gasteiger partial charge on any atom is 0.472 e. The van der Waals surface area contributed by atoms with Crippen LogP contribution in [0.2, 0.25) is 0 Å². The van der Waals surface area contributed by atoms with Crippen molar-refractivity contribution in [2.24, 2.45) is 0 Å². The summed E-state index contributed by atoms with van der Waals surface area (Å²) in [6.07, 6.45) is 27.3. The van der Waals surface area contributed by atoms with Gasteiger partial charge in [-0.2, -0.15) is 0 Å². The zero-order chi connectivity index (χ0) is 48.1. The topological polar surface area (TPSA) is 250 Å². The van der Waals surface area contributed by atoms with Gasteiger partial charge >= 0.3 is 19.8 Å². The Morgan fingerprint density at radius 3 is 1.57 bits per heavy atom. The van der Waals surface area contributed by atoms with Crippen molar-refractivity contribution in [2.75, 3.05) is 13.2 Å². The van der Waals surface area contributed by atoms with E-state index >= 15 is 0 Å². The largest absolute Gasteiger partial charge is 0.472 e. The van der Waals surface area contributed by atoms with Crippen LogP contribution in [-0.4, -0.2) is 121 Å². The molecule has 0 spiro atoms. The van der Waals surface area contributed by atoms with Crippen molar-refractivity contribution < 1.29 is 73.3 Å². The molecule has 0 radical (unpaired) electrons. The number of unbranched alkanes of at least 4 members (excludes halogenated alkanes) is 14. The van der Waals surface area contributed by atoms with Gasteiger partial charge in [0.25, 0.3) is 0 Å². The highest BCUT2D eigenvalue weighted by Gasteiger charge is 2.51. The summed E-state index contributed by atoms with van der Waals surface area (Å²) in [5.74, 6) is -1.27. The van der Waals surface area contributed by atoms with E-state index in [2.05, 4.69) is 6.92 Å². The van der Waals surface area contributed by atoms with Crippen LogP contribution >= 0.6 is 7.82 Å². The van der Waals surface area contributed by atoms with Crippen molar-refractivity contribution in [3.8, 4) is 0 Å². The van der Waals surface area contributed by atoms with Gasteiger partial charge in [0, 0.05) is 12.8 Å². The first-order valence-corrected chi connectivity index (χ1v) is 25.5. The van der Waals surface area contributed by atoms with E-state index in [1.807, 2.05) is 37.3 Å². The minimum atomic E-state index is -5.16. The highest BCUT2D eigenvalue weighted by Crippen LogP contribution is 2.47. The molecule has 16 heteroatoms. The fourth-order valence-corrected chi connectivity index (χ4v) is 7.81. The fraction of sp³-hybridized carbons (Fsp3) is 0.714. The van der Waals surface area contributed by atoms with E-state index in [0.29, 0.717) is 32.1 Å². The lowest BCUT2D eigenvalue weighted by Gasteiger charge is -2.41. The highest BCUT2D eigenvalue weighted by molar-refractivity contribution is 7.47. The van der Waals surface area contributed by atoms with Crippen molar-refractivity contribution in [3.63, 3.8) is 0 Å². The summed E-state index contributed by atoms with van der Waals surface area (Å²) < 4.78 is 33.4. The number of phosphoric acid groups is 1. The molecule has 1 rings (SSSR count). The van der Waals surface area contributed by atoms with Gasteiger partial charge < -0.3 is 50.1 Å². The lowest BCUT2D eigenvalue weighted by atomic mass is 9.85. The summed E-state index contributed by atoms with van der Waals surface area (Å²) in [5, 5.41) is 70.2. The van der Waals surface area contributed by atoms with Crippen LogP contribution in [0.5, 0.6) is 0 Å². The van der Waals surface area contributed by atoms with Gasteiger partial charge in [0.1, 0.15) is 43.2 Å². The zero-order valence-electron chi connectivity index (χ0n) is 39.0. The standard InChI is InChI=1S/C49H83O15P/c1-3-5-7-8-9-10-11-12-13-14-15-16-17-22-30-36-43(53)63-41(38-62-65(59,60)64-49-47(57)45(55)44(54)46(56)48(49)58)37-61-42(52)35-29-21-19-18-20-26-32-40(51)34-28-24-23-27-33-39(50)31-25-6-4-2/h6,19-21,23-28,33-34,39-41,44-51,54-58H,3-5,7-18,22,29-32,35-38H2,1-2H3,(H,59,60)/b21-19-,24-23-,25-6-,26-20-,33-27+,34-28+/t39-,40+,41-,44?,45-,46+,47-,48-,49?/m1/s1. The van der Waals surface area contributed by atoms with E-state index < -0.39 is 87.9 Å². The summed E-state index contributed by atoms with van der Waals surface area (Å²) >= 11 is 0. The van der Waals surface area contributed by atoms with Gasteiger partial charge in [-0.3, -0.25) is 18.6 Å². The molecule has 8 N–H and O–H groups in total. The average Bonchev–Trinajstić information content (AvgIpc) is 3.28. The number of rotatable bonds is 38. The Morgan fingerprint density at radius 2 is 1.05 bits per heavy atom. The van der Waals surface area contributed by atoms with Gasteiger partial charge in [0.15, 0.2) is 6.10 Å².